The van der Waals surface area contributed by atoms with Gasteiger partial charge in [-0.15, -0.1) is 0 Å². The molecule has 0 unspecified atom stereocenters. The van der Waals surface area contributed by atoms with Crippen molar-refractivity contribution < 1.29 is 5.11 Å². The summed E-state index contributed by atoms with van der Waals surface area (Å²) in [6.07, 6.45) is 3.48. The molecule has 0 saturated carbocycles. The summed E-state index contributed by atoms with van der Waals surface area (Å²) in [6.45, 7) is 10.6. The predicted octanol–water partition coefficient (Wildman–Crippen LogP) is 1.91. The van der Waals surface area contributed by atoms with Gasteiger partial charge in [0.05, 0.1) is 0 Å². The predicted molar refractivity (Wildman–Crippen MR) is 85.6 cm³/mol. The molecule has 2 heterocycles. The first kappa shape index (κ1) is 16.2. The van der Waals surface area contributed by atoms with Crippen LogP contribution in [-0.2, 0) is 0 Å². The molecular weight excluding hydrogens is 264 g/mol. The molecule has 1 saturated heterocycles. The molecule has 1 fully saturated rings. The third-order valence-corrected chi connectivity index (χ3v) is 4.31. The number of nitrogens with zero attached hydrogens (tertiary/aromatic N) is 3. The van der Waals surface area contributed by atoms with Gasteiger partial charge in [-0.25, -0.2) is 9.97 Å². The minimum Gasteiger partial charge on any atom is -0.396 e. The Labute approximate surface area is 127 Å². The van der Waals surface area contributed by atoms with Crippen LogP contribution in [0.15, 0.2) is 0 Å². The van der Waals surface area contributed by atoms with E-state index in [2.05, 4.69) is 27.1 Å². The molecule has 1 aromatic rings. The topological polar surface area (TPSA) is 61.3 Å². The number of hydrogen-bond donors (Lipinski definition) is 2. The summed E-state index contributed by atoms with van der Waals surface area (Å²) < 4.78 is 0. The van der Waals surface area contributed by atoms with Crippen LogP contribution in [0.5, 0.6) is 0 Å². The van der Waals surface area contributed by atoms with Crippen molar-refractivity contribution in [3.63, 3.8) is 0 Å². The quantitative estimate of drug-likeness (QED) is 0.784. The molecular formula is C16H28N4O. The van der Waals surface area contributed by atoms with E-state index in [1.807, 2.05) is 13.8 Å². The molecule has 5 nitrogen and oxygen atoms in total. The van der Waals surface area contributed by atoms with Crippen molar-refractivity contribution in [1.82, 2.24) is 14.9 Å². The number of likely N-dealkylation sites (tertiary alicyclic amines) is 1. The van der Waals surface area contributed by atoms with E-state index in [-0.39, 0.29) is 0 Å². The molecule has 1 aromatic heterocycles. The van der Waals surface area contributed by atoms with Gasteiger partial charge in [0.15, 0.2) is 0 Å². The maximum Gasteiger partial charge on any atom is 0.132 e. The molecule has 0 spiro atoms. The summed E-state index contributed by atoms with van der Waals surface area (Å²) in [5.41, 5.74) is 2.19. The van der Waals surface area contributed by atoms with Crippen LogP contribution in [0.1, 0.15) is 36.3 Å². The van der Waals surface area contributed by atoms with Crippen LogP contribution in [-0.4, -0.2) is 52.8 Å². The molecule has 0 aliphatic carbocycles. The van der Waals surface area contributed by atoms with Crippen LogP contribution in [0.25, 0.3) is 0 Å². The Bertz CT molecular complexity index is 464. The summed E-state index contributed by atoms with van der Waals surface area (Å²) in [5.74, 6) is 2.26. The van der Waals surface area contributed by atoms with E-state index in [9.17, 15) is 5.11 Å². The molecule has 0 radical (unpaired) electrons. The van der Waals surface area contributed by atoms with Gasteiger partial charge in [0.25, 0.3) is 0 Å². The molecule has 1 aliphatic heterocycles. The Kier molecular flexibility index (Phi) is 5.94. The van der Waals surface area contributed by atoms with Gasteiger partial charge in [-0.2, -0.15) is 0 Å². The van der Waals surface area contributed by atoms with Gasteiger partial charge < -0.3 is 15.3 Å². The van der Waals surface area contributed by atoms with Crippen LogP contribution in [0.2, 0.25) is 0 Å². The first-order valence-corrected chi connectivity index (χ1v) is 7.99. The molecule has 0 aromatic carbocycles. The lowest BCUT2D eigenvalue weighted by Crippen LogP contribution is -2.37. The fourth-order valence-corrected chi connectivity index (χ4v) is 2.95. The normalized spacial score (nSPS) is 19.7. The molecule has 21 heavy (non-hydrogen) atoms. The molecule has 0 amide bonds. The van der Waals surface area contributed by atoms with Crippen molar-refractivity contribution in [2.24, 2.45) is 5.92 Å². The monoisotopic (exact) mass is 292 g/mol. The highest BCUT2D eigenvalue weighted by atomic mass is 16.3. The summed E-state index contributed by atoms with van der Waals surface area (Å²) >= 11 is 0. The Morgan fingerprint density at radius 1 is 1.29 bits per heavy atom. The summed E-state index contributed by atoms with van der Waals surface area (Å²) in [6, 6.07) is 0. The van der Waals surface area contributed by atoms with Crippen molar-refractivity contribution in [1.29, 1.82) is 0 Å². The average Bonchev–Trinajstić information content (AvgIpc) is 2.48. The highest BCUT2D eigenvalue weighted by Crippen LogP contribution is 2.16. The first-order valence-electron chi connectivity index (χ1n) is 7.99. The summed E-state index contributed by atoms with van der Waals surface area (Å²) in [5, 5.41) is 12.7. The van der Waals surface area contributed by atoms with E-state index in [4.69, 9.17) is 0 Å². The number of nitrogens with one attached hydrogen (secondary N) is 1. The number of anilines is 1. The number of rotatable bonds is 6. The van der Waals surface area contributed by atoms with E-state index >= 15 is 0 Å². The number of aryl methyl sites for hydroxylation is 2. The molecule has 118 valence electrons. The number of piperidine rings is 1. The summed E-state index contributed by atoms with van der Waals surface area (Å²) in [7, 11) is 0. The number of aromatic nitrogens is 2. The Morgan fingerprint density at radius 2 is 2.10 bits per heavy atom. The van der Waals surface area contributed by atoms with Gasteiger partial charge >= 0.3 is 0 Å². The van der Waals surface area contributed by atoms with E-state index in [1.54, 1.807) is 0 Å². The molecule has 0 bridgehead atoms. The van der Waals surface area contributed by atoms with Crippen LogP contribution in [0.4, 0.5) is 5.82 Å². The number of hydrogen-bond acceptors (Lipinski definition) is 5. The second-order valence-electron chi connectivity index (χ2n) is 6.10. The van der Waals surface area contributed by atoms with E-state index in [0.29, 0.717) is 12.5 Å². The average molecular weight is 292 g/mol. The van der Waals surface area contributed by atoms with Gasteiger partial charge in [0.2, 0.25) is 0 Å². The zero-order chi connectivity index (χ0) is 15.2. The Balaban J connectivity index is 1.75. The second-order valence-corrected chi connectivity index (χ2v) is 6.10. The molecule has 1 aliphatic rings. The summed E-state index contributed by atoms with van der Waals surface area (Å²) in [4.78, 5) is 11.3. The van der Waals surface area contributed by atoms with Crippen molar-refractivity contribution >= 4 is 5.82 Å². The number of aliphatic hydroxyl groups is 1. The van der Waals surface area contributed by atoms with Crippen molar-refractivity contribution in [2.75, 3.05) is 38.1 Å². The van der Waals surface area contributed by atoms with Crippen LogP contribution in [0, 0.1) is 26.7 Å². The van der Waals surface area contributed by atoms with Gasteiger partial charge in [-0.05, 0) is 59.0 Å². The molecule has 5 heteroatoms. The fourth-order valence-electron chi connectivity index (χ4n) is 2.95. The lowest BCUT2D eigenvalue weighted by Gasteiger charge is -2.31. The van der Waals surface area contributed by atoms with E-state index in [1.165, 1.54) is 19.4 Å². The zero-order valence-electron chi connectivity index (χ0n) is 13.5. The third kappa shape index (κ3) is 4.64. The minimum atomic E-state index is 0.327. The van der Waals surface area contributed by atoms with E-state index in [0.717, 1.165) is 49.0 Å². The number of aliphatic hydroxyl groups excluding tert-OH is 1. The Hall–Kier alpha value is -1.20. The van der Waals surface area contributed by atoms with Crippen LogP contribution >= 0.6 is 0 Å². The first-order chi connectivity index (χ1) is 10.1. The highest BCUT2D eigenvalue weighted by molar-refractivity contribution is 5.45. The van der Waals surface area contributed by atoms with Crippen LogP contribution in [0.3, 0.4) is 0 Å². The maximum absolute atomic E-state index is 9.26. The third-order valence-electron chi connectivity index (χ3n) is 4.31. The fraction of sp³-hybridized carbons (Fsp3) is 0.750. The molecule has 2 rings (SSSR count). The molecule has 2 N–H and O–H groups in total. The maximum atomic E-state index is 9.26. The van der Waals surface area contributed by atoms with Gasteiger partial charge in [-0.1, -0.05) is 0 Å². The largest absolute Gasteiger partial charge is 0.396 e. The van der Waals surface area contributed by atoms with Crippen LogP contribution < -0.4 is 5.32 Å². The van der Waals surface area contributed by atoms with Gasteiger partial charge in [0, 0.05) is 31.0 Å². The molecule has 1 atom stereocenters. The van der Waals surface area contributed by atoms with Crippen molar-refractivity contribution in [2.45, 2.75) is 40.0 Å². The van der Waals surface area contributed by atoms with E-state index < -0.39 is 0 Å². The SMILES string of the molecule is Cc1nc(C)c(C)c(NCCCN2CCC[C@@H](CO)C2)n1. The Morgan fingerprint density at radius 3 is 2.86 bits per heavy atom. The highest BCUT2D eigenvalue weighted by Gasteiger charge is 2.18. The lowest BCUT2D eigenvalue weighted by molar-refractivity contribution is 0.120. The minimum absolute atomic E-state index is 0.327. The van der Waals surface area contributed by atoms with Gasteiger partial charge in [0.1, 0.15) is 11.6 Å². The van der Waals surface area contributed by atoms with Crippen molar-refractivity contribution in [3.05, 3.63) is 17.1 Å². The van der Waals surface area contributed by atoms with Crippen molar-refractivity contribution in [3.8, 4) is 0 Å². The second kappa shape index (κ2) is 7.71. The lowest BCUT2D eigenvalue weighted by atomic mass is 9.99. The standard InChI is InChI=1S/C16H28N4O/c1-12-13(2)18-14(3)19-16(12)17-7-5-9-20-8-4-6-15(10-20)11-21/h15,21H,4-11H2,1-3H3,(H,17,18,19)/t15-/m1/s1. The smallest absolute Gasteiger partial charge is 0.132 e. The zero-order valence-corrected chi connectivity index (χ0v) is 13.5. The van der Waals surface area contributed by atoms with Gasteiger partial charge in [-0.3, -0.25) is 0 Å².